The number of carbonyl (C=O) groups excluding carboxylic acids is 1. The van der Waals surface area contributed by atoms with E-state index in [4.69, 9.17) is 16.3 Å². The number of hydrogen-bond donors (Lipinski definition) is 0. The van der Waals surface area contributed by atoms with E-state index < -0.39 is 10.7 Å². The van der Waals surface area contributed by atoms with E-state index in [-0.39, 0.29) is 11.3 Å². The molecule has 6 heteroatoms. The topological polar surface area (TPSA) is 69.4 Å². The maximum Gasteiger partial charge on any atom is 0.280 e. The number of rotatable bonds is 4. The van der Waals surface area contributed by atoms with Gasteiger partial charge in [-0.1, -0.05) is 17.7 Å². The SMILES string of the molecule is CC(=O)c1cc(Oc2cc(C)ccc2Cl)ccc1[N+](=O)[O-]. The highest BCUT2D eigenvalue weighted by molar-refractivity contribution is 6.32. The summed E-state index contributed by atoms with van der Waals surface area (Å²) in [5, 5.41) is 11.3. The molecular weight excluding hydrogens is 294 g/mol. The molecule has 0 unspecified atom stereocenters. The molecular formula is C15H12ClNO4. The minimum absolute atomic E-state index is 0.00118. The van der Waals surface area contributed by atoms with Gasteiger partial charge in [-0.3, -0.25) is 14.9 Å². The van der Waals surface area contributed by atoms with Crippen molar-refractivity contribution < 1.29 is 14.5 Å². The molecule has 0 spiro atoms. The molecule has 0 N–H and O–H groups in total. The Balaban J connectivity index is 2.41. The van der Waals surface area contributed by atoms with Gasteiger partial charge in [0.2, 0.25) is 0 Å². The van der Waals surface area contributed by atoms with Crippen LogP contribution in [-0.4, -0.2) is 10.7 Å². The summed E-state index contributed by atoms with van der Waals surface area (Å²) in [5.74, 6) is 0.348. The van der Waals surface area contributed by atoms with Gasteiger partial charge in [-0.25, -0.2) is 0 Å². The number of ether oxygens (including phenoxy) is 1. The average Bonchev–Trinajstić information content (AvgIpc) is 2.42. The molecule has 0 aliphatic rings. The van der Waals surface area contributed by atoms with E-state index in [1.165, 1.54) is 25.1 Å². The highest BCUT2D eigenvalue weighted by Gasteiger charge is 2.18. The Morgan fingerprint density at radius 2 is 1.95 bits per heavy atom. The van der Waals surface area contributed by atoms with Gasteiger partial charge in [0, 0.05) is 6.07 Å². The van der Waals surface area contributed by atoms with Crippen LogP contribution in [0.25, 0.3) is 0 Å². The number of nitrogens with zero attached hydrogens (tertiary/aromatic N) is 1. The molecule has 21 heavy (non-hydrogen) atoms. The number of ketones is 1. The third-order valence-electron chi connectivity index (χ3n) is 2.86. The number of carbonyl (C=O) groups is 1. The number of nitro groups is 1. The summed E-state index contributed by atoms with van der Waals surface area (Å²) >= 11 is 6.03. The number of hydrogen-bond acceptors (Lipinski definition) is 4. The second kappa shape index (κ2) is 5.93. The highest BCUT2D eigenvalue weighted by atomic mass is 35.5. The Kier molecular flexibility index (Phi) is 4.23. The predicted molar refractivity (Wildman–Crippen MR) is 79.4 cm³/mol. The molecule has 0 aliphatic carbocycles. The second-order valence-corrected chi connectivity index (χ2v) is 4.94. The van der Waals surface area contributed by atoms with E-state index in [1.54, 1.807) is 12.1 Å². The molecule has 5 nitrogen and oxygen atoms in total. The van der Waals surface area contributed by atoms with Gasteiger partial charge in [0.25, 0.3) is 5.69 Å². The maximum absolute atomic E-state index is 11.5. The molecule has 0 aromatic heterocycles. The monoisotopic (exact) mass is 305 g/mol. The van der Waals surface area contributed by atoms with Crippen LogP contribution in [-0.2, 0) is 0 Å². The van der Waals surface area contributed by atoms with Crippen LogP contribution >= 0.6 is 11.6 Å². The number of aryl methyl sites for hydroxylation is 1. The number of nitro benzene ring substituents is 1. The average molecular weight is 306 g/mol. The van der Waals surface area contributed by atoms with Gasteiger partial charge in [0.15, 0.2) is 5.78 Å². The lowest BCUT2D eigenvalue weighted by Gasteiger charge is -2.09. The van der Waals surface area contributed by atoms with Crippen molar-refractivity contribution in [1.29, 1.82) is 0 Å². The van der Waals surface area contributed by atoms with Gasteiger partial charge >= 0.3 is 0 Å². The lowest BCUT2D eigenvalue weighted by molar-refractivity contribution is -0.385. The van der Waals surface area contributed by atoms with Crippen molar-refractivity contribution in [3.8, 4) is 11.5 Å². The fourth-order valence-corrected chi connectivity index (χ4v) is 1.99. The van der Waals surface area contributed by atoms with Crippen molar-refractivity contribution in [2.24, 2.45) is 0 Å². The number of benzene rings is 2. The van der Waals surface area contributed by atoms with E-state index in [1.807, 2.05) is 13.0 Å². The van der Waals surface area contributed by atoms with Crippen LogP contribution in [0.3, 0.4) is 0 Å². The molecule has 0 amide bonds. The molecule has 0 radical (unpaired) electrons. The van der Waals surface area contributed by atoms with Crippen LogP contribution < -0.4 is 4.74 Å². The first-order chi connectivity index (χ1) is 9.88. The Morgan fingerprint density at radius 1 is 1.24 bits per heavy atom. The molecule has 0 aliphatic heterocycles. The molecule has 2 aromatic carbocycles. The molecule has 0 atom stereocenters. The molecule has 0 bridgehead atoms. The highest BCUT2D eigenvalue weighted by Crippen LogP contribution is 2.32. The first kappa shape index (κ1) is 15.0. The zero-order valence-electron chi connectivity index (χ0n) is 11.4. The summed E-state index contributed by atoms with van der Waals surface area (Å²) in [5.41, 5.74) is 0.717. The second-order valence-electron chi connectivity index (χ2n) is 4.53. The van der Waals surface area contributed by atoms with Gasteiger partial charge in [-0.15, -0.1) is 0 Å². The molecule has 2 aromatic rings. The Labute approximate surface area is 126 Å². The predicted octanol–water partition coefficient (Wildman–Crippen LogP) is 4.55. The van der Waals surface area contributed by atoms with Crippen molar-refractivity contribution >= 4 is 23.1 Å². The van der Waals surface area contributed by atoms with Crippen LogP contribution in [0, 0.1) is 17.0 Å². The first-order valence-corrected chi connectivity index (χ1v) is 6.49. The van der Waals surface area contributed by atoms with Gasteiger partial charge in [0.1, 0.15) is 11.5 Å². The molecule has 0 fully saturated rings. The fraction of sp³-hybridized carbons (Fsp3) is 0.133. The van der Waals surface area contributed by atoms with Crippen molar-refractivity contribution in [2.75, 3.05) is 0 Å². The van der Waals surface area contributed by atoms with E-state index >= 15 is 0 Å². The molecule has 0 saturated carbocycles. The molecule has 2 rings (SSSR count). The summed E-state index contributed by atoms with van der Waals surface area (Å²) in [6, 6.07) is 9.31. The van der Waals surface area contributed by atoms with Crippen LogP contribution in [0.4, 0.5) is 5.69 Å². The van der Waals surface area contributed by atoms with Crippen molar-refractivity contribution in [2.45, 2.75) is 13.8 Å². The molecule has 108 valence electrons. The summed E-state index contributed by atoms with van der Waals surface area (Å²) in [4.78, 5) is 21.8. The largest absolute Gasteiger partial charge is 0.456 e. The zero-order chi connectivity index (χ0) is 15.6. The van der Waals surface area contributed by atoms with Crippen LogP contribution in [0.5, 0.6) is 11.5 Å². The maximum atomic E-state index is 11.5. The minimum Gasteiger partial charge on any atom is -0.456 e. The van der Waals surface area contributed by atoms with Gasteiger partial charge in [-0.05, 0) is 43.7 Å². The van der Waals surface area contributed by atoms with Crippen molar-refractivity contribution in [1.82, 2.24) is 0 Å². The van der Waals surface area contributed by atoms with E-state index in [0.717, 1.165) is 5.56 Å². The Hall–Kier alpha value is -2.40. The van der Waals surface area contributed by atoms with Crippen molar-refractivity contribution in [3.63, 3.8) is 0 Å². The first-order valence-electron chi connectivity index (χ1n) is 6.12. The third kappa shape index (κ3) is 3.38. The number of halogens is 1. The standard InChI is InChI=1S/C15H12ClNO4/c1-9-3-5-13(16)15(7-9)21-11-4-6-14(17(19)20)12(8-11)10(2)18/h3-8H,1-2H3. The normalized spacial score (nSPS) is 10.2. The smallest absolute Gasteiger partial charge is 0.280 e. The molecule has 0 saturated heterocycles. The fourth-order valence-electron chi connectivity index (χ4n) is 1.84. The van der Waals surface area contributed by atoms with Crippen LogP contribution in [0.2, 0.25) is 5.02 Å². The van der Waals surface area contributed by atoms with E-state index in [0.29, 0.717) is 16.5 Å². The van der Waals surface area contributed by atoms with Gasteiger partial charge in [-0.2, -0.15) is 0 Å². The van der Waals surface area contributed by atoms with E-state index in [2.05, 4.69) is 0 Å². The van der Waals surface area contributed by atoms with Crippen LogP contribution in [0.15, 0.2) is 36.4 Å². The Morgan fingerprint density at radius 3 is 2.57 bits per heavy atom. The molecule has 0 heterocycles. The quantitative estimate of drug-likeness (QED) is 0.472. The minimum atomic E-state index is -0.597. The summed E-state index contributed by atoms with van der Waals surface area (Å²) in [7, 11) is 0. The van der Waals surface area contributed by atoms with Gasteiger partial charge < -0.3 is 4.74 Å². The lowest BCUT2D eigenvalue weighted by Crippen LogP contribution is -2.00. The van der Waals surface area contributed by atoms with Crippen LogP contribution in [0.1, 0.15) is 22.8 Å². The third-order valence-corrected chi connectivity index (χ3v) is 3.17. The van der Waals surface area contributed by atoms with Crippen molar-refractivity contribution in [3.05, 3.63) is 62.7 Å². The number of Topliss-reactive ketones (excluding diaryl/α,β-unsaturated/α-hetero) is 1. The summed E-state index contributed by atoms with van der Waals surface area (Å²) < 4.78 is 5.61. The summed E-state index contributed by atoms with van der Waals surface area (Å²) in [6.07, 6.45) is 0. The summed E-state index contributed by atoms with van der Waals surface area (Å²) in [6.45, 7) is 3.16. The Bertz CT molecular complexity index is 728. The van der Waals surface area contributed by atoms with Gasteiger partial charge in [0.05, 0.1) is 15.5 Å². The van der Waals surface area contributed by atoms with E-state index in [9.17, 15) is 14.9 Å². The zero-order valence-corrected chi connectivity index (χ0v) is 12.2. The lowest BCUT2D eigenvalue weighted by atomic mass is 10.1.